The Morgan fingerprint density at radius 2 is 1.29 bits per heavy atom. The maximum atomic E-state index is 11.0. The van der Waals surface area contributed by atoms with Crippen molar-refractivity contribution in [2.24, 2.45) is 0 Å². The molecule has 0 aliphatic rings. The SMILES string of the molecule is CC(=O)CCCC[Si](C(C)C)(C(C)C)C(C)C. The summed E-state index contributed by atoms with van der Waals surface area (Å²) in [4.78, 5) is 11.0. The van der Waals surface area contributed by atoms with E-state index < -0.39 is 8.07 Å². The second-order valence-corrected chi connectivity index (χ2v) is 12.7. The highest BCUT2D eigenvalue weighted by molar-refractivity contribution is 6.83. The summed E-state index contributed by atoms with van der Waals surface area (Å²) in [6.45, 7) is 16.2. The highest BCUT2D eigenvalue weighted by atomic mass is 28.3. The number of carbonyl (C=O) groups is 1. The molecule has 0 heterocycles. The molecule has 0 unspecified atom stereocenters. The van der Waals surface area contributed by atoms with Crippen LogP contribution in [-0.4, -0.2) is 13.9 Å². The van der Waals surface area contributed by atoms with Crippen LogP contribution in [0, 0.1) is 0 Å². The summed E-state index contributed by atoms with van der Waals surface area (Å²) >= 11 is 0. The van der Waals surface area contributed by atoms with Gasteiger partial charge in [-0.15, -0.1) is 0 Å². The van der Waals surface area contributed by atoms with Crippen LogP contribution in [0.3, 0.4) is 0 Å². The minimum Gasteiger partial charge on any atom is -0.300 e. The van der Waals surface area contributed by atoms with E-state index in [1.165, 1.54) is 12.5 Å². The van der Waals surface area contributed by atoms with Crippen LogP contribution in [0.2, 0.25) is 22.7 Å². The van der Waals surface area contributed by atoms with Gasteiger partial charge in [-0.25, -0.2) is 0 Å². The van der Waals surface area contributed by atoms with E-state index in [2.05, 4.69) is 41.5 Å². The molecule has 1 nitrogen and oxygen atoms in total. The average molecular weight is 257 g/mol. The quantitative estimate of drug-likeness (QED) is 0.418. The predicted molar refractivity (Wildman–Crippen MR) is 80.4 cm³/mol. The molecule has 0 aliphatic heterocycles. The number of hydrogen-bond acceptors (Lipinski definition) is 1. The Labute approximate surface area is 109 Å². The van der Waals surface area contributed by atoms with E-state index in [9.17, 15) is 4.79 Å². The lowest BCUT2D eigenvalue weighted by molar-refractivity contribution is -0.117. The lowest BCUT2D eigenvalue weighted by Crippen LogP contribution is -2.44. The van der Waals surface area contributed by atoms with Crippen molar-refractivity contribution in [3.63, 3.8) is 0 Å². The molecule has 0 aromatic heterocycles. The second-order valence-electron chi connectivity index (χ2n) is 6.49. The lowest BCUT2D eigenvalue weighted by Gasteiger charge is -2.43. The number of unbranched alkanes of at least 4 members (excludes halogenated alkanes) is 1. The molecule has 102 valence electrons. The summed E-state index contributed by atoms with van der Waals surface area (Å²) in [5.74, 6) is 0.343. The molecule has 0 rings (SSSR count). The van der Waals surface area contributed by atoms with E-state index in [1.54, 1.807) is 6.92 Å². The third-order valence-electron chi connectivity index (χ3n) is 4.61. The first kappa shape index (κ1) is 16.9. The molecule has 0 spiro atoms. The van der Waals surface area contributed by atoms with Crippen molar-refractivity contribution in [2.75, 3.05) is 0 Å². The van der Waals surface area contributed by atoms with Gasteiger partial charge < -0.3 is 4.79 Å². The lowest BCUT2D eigenvalue weighted by atomic mass is 10.2. The van der Waals surface area contributed by atoms with Crippen LogP contribution in [-0.2, 0) is 4.79 Å². The van der Waals surface area contributed by atoms with Gasteiger partial charge in [0.05, 0.1) is 8.07 Å². The van der Waals surface area contributed by atoms with Gasteiger partial charge in [0, 0.05) is 6.42 Å². The highest BCUT2D eigenvalue weighted by Crippen LogP contribution is 2.45. The molecule has 17 heavy (non-hydrogen) atoms. The van der Waals surface area contributed by atoms with Crippen molar-refractivity contribution in [1.29, 1.82) is 0 Å². The van der Waals surface area contributed by atoms with E-state index in [4.69, 9.17) is 0 Å². The van der Waals surface area contributed by atoms with Gasteiger partial charge in [-0.1, -0.05) is 70.6 Å². The molecule has 0 aromatic carbocycles. The number of Topliss-reactive ketones (excluding diaryl/α,β-unsaturated/α-hetero) is 1. The summed E-state index contributed by atoms with van der Waals surface area (Å²) in [5.41, 5.74) is 2.54. The minimum atomic E-state index is -1.21. The number of hydrogen-bond donors (Lipinski definition) is 0. The Morgan fingerprint density at radius 3 is 1.59 bits per heavy atom. The van der Waals surface area contributed by atoms with Crippen LogP contribution in [0.15, 0.2) is 0 Å². The monoisotopic (exact) mass is 256 g/mol. The Balaban J connectivity index is 4.54. The molecule has 0 fully saturated rings. The zero-order valence-electron chi connectivity index (χ0n) is 13.0. The Morgan fingerprint density at radius 1 is 0.882 bits per heavy atom. The largest absolute Gasteiger partial charge is 0.300 e. The summed E-state index contributed by atoms with van der Waals surface area (Å²) in [6, 6.07) is 1.40. The molecule has 0 saturated heterocycles. The van der Waals surface area contributed by atoms with Crippen molar-refractivity contribution in [3.05, 3.63) is 0 Å². The van der Waals surface area contributed by atoms with Crippen molar-refractivity contribution in [1.82, 2.24) is 0 Å². The molecule has 0 aliphatic carbocycles. The molecule has 2 heteroatoms. The van der Waals surface area contributed by atoms with E-state index in [0.29, 0.717) is 5.78 Å². The van der Waals surface area contributed by atoms with Crippen LogP contribution in [0.25, 0.3) is 0 Å². The molecular formula is C15H32OSi. The third-order valence-corrected chi connectivity index (χ3v) is 12.3. The Kier molecular flexibility index (Phi) is 7.30. The average Bonchev–Trinajstić information content (AvgIpc) is 2.15. The fraction of sp³-hybridized carbons (Fsp3) is 0.933. The maximum Gasteiger partial charge on any atom is 0.129 e. The molecule has 0 aromatic rings. The first-order valence-corrected chi connectivity index (χ1v) is 9.68. The summed E-state index contributed by atoms with van der Waals surface area (Å²) in [6.07, 6.45) is 3.12. The molecule has 0 atom stereocenters. The standard InChI is InChI=1S/C15H32OSi/c1-12(2)17(13(3)4,14(5)6)11-9-8-10-15(7)16/h12-14H,8-11H2,1-7H3. The van der Waals surface area contributed by atoms with Crippen molar-refractivity contribution < 1.29 is 4.79 Å². The number of ketones is 1. The normalized spacial score (nSPS) is 12.8. The predicted octanol–water partition coefficient (Wildman–Crippen LogP) is 5.42. The van der Waals surface area contributed by atoms with Crippen LogP contribution in [0.1, 0.15) is 67.7 Å². The zero-order valence-corrected chi connectivity index (χ0v) is 14.0. The smallest absolute Gasteiger partial charge is 0.129 e. The van der Waals surface area contributed by atoms with Gasteiger partial charge in [-0.2, -0.15) is 0 Å². The van der Waals surface area contributed by atoms with Gasteiger partial charge >= 0.3 is 0 Å². The van der Waals surface area contributed by atoms with Gasteiger partial charge in [0.15, 0.2) is 0 Å². The molecule has 0 radical (unpaired) electrons. The van der Waals surface area contributed by atoms with Crippen LogP contribution < -0.4 is 0 Å². The molecular weight excluding hydrogens is 224 g/mol. The van der Waals surface area contributed by atoms with E-state index >= 15 is 0 Å². The Bertz CT molecular complexity index is 209. The van der Waals surface area contributed by atoms with Gasteiger partial charge in [0.25, 0.3) is 0 Å². The topological polar surface area (TPSA) is 17.1 Å². The van der Waals surface area contributed by atoms with Gasteiger partial charge in [-0.05, 0) is 13.3 Å². The third kappa shape index (κ3) is 4.57. The van der Waals surface area contributed by atoms with Gasteiger partial charge in [0.2, 0.25) is 0 Å². The summed E-state index contributed by atoms with van der Waals surface area (Å²) in [7, 11) is -1.21. The van der Waals surface area contributed by atoms with Crippen LogP contribution >= 0.6 is 0 Å². The van der Waals surface area contributed by atoms with Gasteiger partial charge in [-0.3, -0.25) is 0 Å². The van der Waals surface area contributed by atoms with Crippen LogP contribution in [0.5, 0.6) is 0 Å². The number of carbonyl (C=O) groups excluding carboxylic acids is 1. The van der Waals surface area contributed by atoms with Crippen LogP contribution in [0.4, 0.5) is 0 Å². The van der Waals surface area contributed by atoms with E-state index in [1.807, 2.05) is 0 Å². The number of rotatable bonds is 8. The zero-order chi connectivity index (χ0) is 13.6. The fourth-order valence-electron chi connectivity index (χ4n) is 3.67. The highest BCUT2D eigenvalue weighted by Gasteiger charge is 2.41. The van der Waals surface area contributed by atoms with E-state index in [0.717, 1.165) is 29.5 Å². The second kappa shape index (κ2) is 7.35. The maximum absolute atomic E-state index is 11.0. The first-order valence-electron chi connectivity index (χ1n) is 7.24. The molecule has 0 amide bonds. The summed E-state index contributed by atoms with van der Waals surface area (Å²) < 4.78 is 0. The summed E-state index contributed by atoms with van der Waals surface area (Å²) in [5, 5.41) is 0. The first-order chi connectivity index (χ1) is 7.75. The van der Waals surface area contributed by atoms with Crippen molar-refractivity contribution >= 4 is 13.9 Å². The molecule has 0 N–H and O–H groups in total. The van der Waals surface area contributed by atoms with Gasteiger partial charge in [0.1, 0.15) is 5.78 Å². The van der Waals surface area contributed by atoms with E-state index in [-0.39, 0.29) is 0 Å². The van der Waals surface area contributed by atoms with Crippen molar-refractivity contribution in [2.45, 2.75) is 90.4 Å². The Hall–Kier alpha value is -0.113. The minimum absolute atomic E-state index is 0.343. The molecule has 0 saturated carbocycles. The molecule has 0 bridgehead atoms. The fourth-order valence-corrected chi connectivity index (χ4v) is 10.3. The van der Waals surface area contributed by atoms with Crippen molar-refractivity contribution in [3.8, 4) is 0 Å².